The highest BCUT2D eigenvalue weighted by Crippen LogP contribution is 2.38. The maximum atomic E-state index is 12.5. The fourth-order valence-corrected chi connectivity index (χ4v) is 3.80. The van der Waals surface area contributed by atoms with Gasteiger partial charge in [0.25, 0.3) is 5.91 Å². The number of rotatable bonds is 1. The lowest BCUT2D eigenvalue weighted by Crippen LogP contribution is -2.43. The van der Waals surface area contributed by atoms with Crippen LogP contribution in [0.25, 0.3) is 0 Å². The summed E-state index contributed by atoms with van der Waals surface area (Å²) >= 11 is 5.88. The Hall–Kier alpha value is -1.06. The molecule has 2 aliphatic heterocycles. The van der Waals surface area contributed by atoms with E-state index >= 15 is 0 Å². The number of piperidine rings is 1. The highest BCUT2D eigenvalue weighted by Gasteiger charge is 2.42. The predicted octanol–water partition coefficient (Wildman–Crippen LogP) is 2.90. The smallest absolute Gasteiger partial charge is 0.253 e. The van der Waals surface area contributed by atoms with Gasteiger partial charge < -0.3 is 9.80 Å². The second-order valence-corrected chi connectivity index (χ2v) is 6.76. The third kappa shape index (κ3) is 2.70. The Labute approximate surface area is 125 Å². The summed E-state index contributed by atoms with van der Waals surface area (Å²) in [6.45, 7) is 4.10. The van der Waals surface area contributed by atoms with Crippen LogP contribution in [0.5, 0.6) is 0 Å². The van der Waals surface area contributed by atoms with E-state index < -0.39 is 0 Å². The number of hydrogen-bond donors (Lipinski definition) is 0. The van der Waals surface area contributed by atoms with E-state index in [2.05, 4.69) is 11.9 Å². The standard InChI is InChI=1S/C16H21ClN2O/c1-18-9-2-7-16(11-18)8-10-19(12-16)15(20)13-3-5-14(17)6-4-13/h3-6H,2,7-12H2,1H3/t16-/m0/s1. The molecule has 108 valence electrons. The number of amides is 1. The topological polar surface area (TPSA) is 23.6 Å². The van der Waals surface area contributed by atoms with E-state index in [9.17, 15) is 4.79 Å². The summed E-state index contributed by atoms with van der Waals surface area (Å²) in [5.41, 5.74) is 1.07. The van der Waals surface area contributed by atoms with E-state index in [1.807, 2.05) is 17.0 Å². The molecule has 0 saturated carbocycles. The van der Waals surface area contributed by atoms with Crippen molar-refractivity contribution in [1.82, 2.24) is 9.80 Å². The number of halogens is 1. The predicted molar refractivity (Wildman–Crippen MR) is 81.1 cm³/mol. The average molecular weight is 293 g/mol. The van der Waals surface area contributed by atoms with Crippen molar-refractivity contribution in [2.75, 3.05) is 33.2 Å². The molecule has 2 saturated heterocycles. The van der Waals surface area contributed by atoms with Gasteiger partial charge in [-0.1, -0.05) is 11.6 Å². The highest BCUT2D eigenvalue weighted by molar-refractivity contribution is 6.30. The molecule has 3 nitrogen and oxygen atoms in total. The van der Waals surface area contributed by atoms with E-state index in [-0.39, 0.29) is 5.91 Å². The van der Waals surface area contributed by atoms with Crippen LogP contribution in [0.4, 0.5) is 0 Å². The first kappa shape index (κ1) is 13.9. The van der Waals surface area contributed by atoms with Crippen LogP contribution in [0.2, 0.25) is 5.02 Å². The molecule has 3 rings (SSSR count). The molecular formula is C16H21ClN2O. The van der Waals surface area contributed by atoms with Crippen molar-refractivity contribution in [2.24, 2.45) is 5.41 Å². The van der Waals surface area contributed by atoms with Gasteiger partial charge in [-0.2, -0.15) is 0 Å². The van der Waals surface area contributed by atoms with Crippen molar-refractivity contribution in [3.63, 3.8) is 0 Å². The van der Waals surface area contributed by atoms with Crippen LogP contribution in [0.3, 0.4) is 0 Å². The largest absolute Gasteiger partial charge is 0.338 e. The van der Waals surface area contributed by atoms with E-state index in [1.165, 1.54) is 19.4 Å². The highest BCUT2D eigenvalue weighted by atomic mass is 35.5. The van der Waals surface area contributed by atoms with Crippen molar-refractivity contribution in [1.29, 1.82) is 0 Å². The van der Waals surface area contributed by atoms with Gasteiger partial charge in [0, 0.05) is 35.6 Å². The zero-order valence-corrected chi connectivity index (χ0v) is 12.7. The molecule has 0 aliphatic carbocycles. The van der Waals surface area contributed by atoms with Gasteiger partial charge in [0.05, 0.1) is 0 Å². The monoisotopic (exact) mass is 292 g/mol. The van der Waals surface area contributed by atoms with Crippen molar-refractivity contribution in [3.8, 4) is 0 Å². The summed E-state index contributed by atoms with van der Waals surface area (Å²) in [5.74, 6) is 0.145. The zero-order chi connectivity index (χ0) is 14.2. The molecule has 1 aromatic rings. The van der Waals surface area contributed by atoms with Gasteiger partial charge in [-0.15, -0.1) is 0 Å². The Morgan fingerprint density at radius 2 is 1.90 bits per heavy atom. The van der Waals surface area contributed by atoms with Gasteiger partial charge in [0.1, 0.15) is 0 Å². The van der Waals surface area contributed by atoms with Gasteiger partial charge >= 0.3 is 0 Å². The molecule has 2 heterocycles. The van der Waals surface area contributed by atoms with E-state index in [4.69, 9.17) is 11.6 Å². The SMILES string of the molecule is CN1CCC[C@]2(CCN(C(=O)c3ccc(Cl)cc3)C2)C1. The van der Waals surface area contributed by atoms with Crippen LogP contribution in [-0.4, -0.2) is 48.9 Å². The quantitative estimate of drug-likeness (QED) is 0.795. The average Bonchev–Trinajstić information content (AvgIpc) is 2.82. The van der Waals surface area contributed by atoms with Crippen molar-refractivity contribution >= 4 is 17.5 Å². The van der Waals surface area contributed by atoms with Gasteiger partial charge in [-0.25, -0.2) is 0 Å². The number of likely N-dealkylation sites (tertiary alicyclic amines) is 2. The maximum absolute atomic E-state index is 12.5. The Kier molecular flexibility index (Phi) is 3.74. The second kappa shape index (κ2) is 5.38. The van der Waals surface area contributed by atoms with Crippen LogP contribution in [0.1, 0.15) is 29.6 Å². The summed E-state index contributed by atoms with van der Waals surface area (Å²) in [6, 6.07) is 7.22. The van der Waals surface area contributed by atoms with Crippen molar-refractivity contribution in [3.05, 3.63) is 34.9 Å². The van der Waals surface area contributed by atoms with Crippen LogP contribution in [-0.2, 0) is 0 Å². The number of carbonyl (C=O) groups is 1. The summed E-state index contributed by atoms with van der Waals surface area (Å²) in [4.78, 5) is 17.0. The van der Waals surface area contributed by atoms with Crippen LogP contribution >= 0.6 is 11.6 Å². The van der Waals surface area contributed by atoms with Gasteiger partial charge in [-0.3, -0.25) is 4.79 Å². The lowest BCUT2D eigenvalue weighted by atomic mass is 9.79. The number of nitrogens with zero attached hydrogens (tertiary/aromatic N) is 2. The molecule has 2 aliphatic rings. The minimum atomic E-state index is 0.145. The third-order valence-corrected chi connectivity index (χ3v) is 4.92. The number of benzene rings is 1. The summed E-state index contributed by atoms with van der Waals surface area (Å²) in [6.07, 6.45) is 3.64. The van der Waals surface area contributed by atoms with E-state index in [1.54, 1.807) is 12.1 Å². The first-order chi connectivity index (χ1) is 9.58. The van der Waals surface area contributed by atoms with Crippen LogP contribution in [0.15, 0.2) is 24.3 Å². The summed E-state index contributed by atoms with van der Waals surface area (Å²) < 4.78 is 0. The van der Waals surface area contributed by atoms with Crippen molar-refractivity contribution < 1.29 is 4.79 Å². The molecule has 0 radical (unpaired) electrons. The fourth-order valence-electron chi connectivity index (χ4n) is 3.67. The molecule has 1 spiro atoms. The summed E-state index contributed by atoms with van der Waals surface area (Å²) in [7, 11) is 2.19. The minimum absolute atomic E-state index is 0.145. The molecule has 0 bridgehead atoms. The Bertz CT molecular complexity index is 502. The molecular weight excluding hydrogens is 272 g/mol. The Balaban J connectivity index is 1.70. The number of carbonyl (C=O) groups excluding carboxylic acids is 1. The van der Waals surface area contributed by atoms with Crippen LogP contribution < -0.4 is 0 Å². The van der Waals surface area contributed by atoms with Crippen LogP contribution in [0, 0.1) is 5.41 Å². The molecule has 0 N–H and O–H groups in total. The van der Waals surface area contributed by atoms with Crippen molar-refractivity contribution in [2.45, 2.75) is 19.3 Å². The van der Waals surface area contributed by atoms with Gasteiger partial charge in [0.15, 0.2) is 0 Å². The Morgan fingerprint density at radius 3 is 2.60 bits per heavy atom. The molecule has 4 heteroatoms. The minimum Gasteiger partial charge on any atom is -0.338 e. The molecule has 1 amide bonds. The first-order valence-electron chi connectivity index (χ1n) is 7.31. The third-order valence-electron chi connectivity index (χ3n) is 4.67. The van der Waals surface area contributed by atoms with Gasteiger partial charge in [-0.05, 0) is 57.1 Å². The second-order valence-electron chi connectivity index (χ2n) is 6.32. The Morgan fingerprint density at radius 1 is 1.15 bits per heavy atom. The van der Waals surface area contributed by atoms with Gasteiger partial charge in [0.2, 0.25) is 0 Å². The molecule has 0 unspecified atom stereocenters. The first-order valence-corrected chi connectivity index (χ1v) is 7.69. The lowest BCUT2D eigenvalue weighted by molar-refractivity contribution is 0.0722. The number of hydrogen-bond acceptors (Lipinski definition) is 2. The lowest BCUT2D eigenvalue weighted by Gasteiger charge is -2.38. The van der Waals surface area contributed by atoms with E-state index in [0.29, 0.717) is 10.4 Å². The molecule has 20 heavy (non-hydrogen) atoms. The molecule has 0 aromatic heterocycles. The molecule has 2 fully saturated rings. The molecule has 1 atom stereocenters. The van der Waals surface area contributed by atoms with E-state index in [0.717, 1.165) is 31.6 Å². The molecule has 1 aromatic carbocycles. The fraction of sp³-hybridized carbons (Fsp3) is 0.562. The maximum Gasteiger partial charge on any atom is 0.253 e. The normalized spacial score (nSPS) is 27.2. The summed E-state index contributed by atoms with van der Waals surface area (Å²) in [5, 5.41) is 0.674. The zero-order valence-electron chi connectivity index (χ0n) is 11.9.